The van der Waals surface area contributed by atoms with Crippen LogP contribution >= 0.6 is 0 Å². The van der Waals surface area contributed by atoms with E-state index in [4.69, 9.17) is 4.74 Å². The summed E-state index contributed by atoms with van der Waals surface area (Å²) in [7, 11) is -3.78. The van der Waals surface area contributed by atoms with E-state index >= 15 is 0 Å². The Hall–Kier alpha value is -0.850. The van der Waals surface area contributed by atoms with E-state index in [1.807, 2.05) is 0 Å². The normalized spacial score (nSPS) is 29.5. The third-order valence-electron chi connectivity index (χ3n) is 6.43. The Morgan fingerprint density at radius 1 is 1.15 bits per heavy atom. The van der Waals surface area contributed by atoms with Gasteiger partial charge >= 0.3 is 6.18 Å². The first-order valence-corrected chi connectivity index (χ1v) is 10.8. The number of alkyl halides is 3. The van der Waals surface area contributed by atoms with Gasteiger partial charge in [-0.05, 0) is 37.5 Å². The highest BCUT2D eigenvalue weighted by molar-refractivity contribution is 7.89. The molecule has 26 heavy (non-hydrogen) atoms. The molecule has 1 saturated carbocycles. The van der Waals surface area contributed by atoms with Gasteiger partial charge in [0.15, 0.2) is 0 Å². The van der Waals surface area contributed by atoms with Crippen molar-refractivity contribution in [3.8, 4) is 6.07 Å². The largest absolute Gasteiger partial charge is 0.392 e. The molecule has 0 unspecified atom stereocenters. The van der Waals surface area contributed by atoms with Gasteiger partial charge in [0, 0.05) is 26.3 Å². The SMILES string of the molecule is N#CC1(CS(=O)(=O)N2CC[C@H](C(F)(F)F)C3(CCOCC3)C2)CCCC1. The number of hydrogen-bond acceptors (Lipinski definition) is 4. The predicted molar refractivity (Wildman–Crippen MR) is 88.5 cm³/mol. The molecule has 0 N–H and O–H groups in total. The van der Waals surface area contributed by atoms with E-state index < -0.39 is 32.9 Å². The Labute approximate surface area is 152 Å². The van der Waals surface area contributed by atoms with Gasteiger partial charge in [0.05, 0.1) is 23.2 Å². The highest BCUT2D eigenvalue weighted by atomic mass is 32.2. The van der Waals surface area contributed by atoms with Crippen LogP contribution in [0.5, 0.6) is 0 Å². The summed E-state index contributed by atoms with van der Waals surface area (Å²) >= 11 is 0. The second-order valence-electron chi connectivity index (χ2n) is 8.05. The van der Waals surface area contributed by atoms with Crippen molar-refractivity contribution >= 4 is 10.0 Å². The molecule has 0 aromatic rings. The number of rotatable bonds is 3. The maximum absolute atomic E-state index is 13.6. The second kappa shape index (κ2) is 6.95. The van der Waals surface area contributed by atoms with Crippen LogP contribution in [-0.2, 0) is 14.8 Å². The first-order chi connectivity index (χ1) is 12.1. The van der Waals surface area contributed by atoms with Gasteiger partial charge in [-0.2, -0.15) is 18.4 Å². The zero-order chi connectivity index (χ0) is 19.1. The smallest absolute Gasteiger partial charge is 0.381 e. The van der Waals surface area contributed by atoms with Gasteiger partial charge < -0.3 is 4.74 Å². The molecule has 0 amide bonds. The lowest BCUT2D eigenvalue weighted by Crippen LogP contribution is -2.57. The van der Waals surface area contributed by atoms with Crippen molar-refractivity contribution < 1.29 is 26.3 Å². The maximum Gasteiger partial charge on any atom is 0.392 e. The lowest BCUT2D eigenvalue weighted by molar-refractivity contribution is -0.231. The molecular weight excluding hydrogens is 369 g/mol. The Kier molecular flexibility index (Phi) is 5.32. The summed E-state index contributed by atoms with van der Waals surface area (Å²) in [6.45, 7) is 0.201. The van der Waals surface area contributed by atoms with Crippen molar-refractivity contribution in [2.45, 2.75) is 51.1 Å². The van der Waals surface area contributed by atoms with Gasteiger partial charge in [0.1, 0.15) is 0 Å². The molecule has 2 heterocycles. The fraction of sp³-hybridized carbons (Fsp3) is 0.941. The van der Waals surface area contributed by atoms with Crippen molar-refractivity contribution in [1.82, 2.24) is 4.31 Å². The molecule has 0 aromatic carbocycles. The van der Waals surface area contributed by atoms with Crippen LogP contribution in [0.15, 0.2) is 0 Å². The molecule has 3 fully saturated rings. The minimum Gasteiger partial charge on any atom is -0.381 e. The van der Waals surface area contributed by atoms with E-state index in [0.29, 0.717) is 12.8 Å². The van der Waals surface area contributed by atoms with Crippen molar-refractivity contribution in [2.24, 2.45) is 16.7 Å². The lowest BCUT2D eigenvalue weighted by Gasteiger charge is -2.50. The first kappa shape index (κ1) is 19.9. The standard InChI is InChI=1S/C17H25F3N2O3S/c18-17(19,20)14-3-8-22(12-16(14)6-9-25-10-7-16)26(23,24)13-15(11-21)4-1-2-5-15/h14H,1-10,12-13H2/t14-/m0/s1. The summed E-state index contributed by atoms with van der Waals surface area (Å²) in [4.78, 5) is 0. The highest BCUT2D eigenvalue weighted by Gasteiger charge is 2.57. The molecule has 3 aliphatic rings. The number of nitrogens with zero attached hydrogens (tertiary/aromatic N) is 2. The van der Waals surface area contributed by atoms with E-state index in [0.717, 1.165) is 12.8 Å². The maximum atomic E-state index is 13.6. The zero-order valence-electron chi connectivity index (χ0n) is 14.7. The van der Waals surface area contributed by atoms with Crippen LogP contribution in [0.2, 0.25) is 0 Å². The van der Waals surface area contributed by atoms with Crippen LogP contribution < -0.4 is 0 Å². The number of ether oxygens (including phenoxy) is 1. The molecule has 1 spiro atoms. The van der Waals surface area contributed by atoms with Crippen LogP contribution in [0.4, 0.5) is 13.2 Å². The lowest BCUT2D eigenvalue weighted by atomic mass is 9.66. The average molecular weight is 394 g/mol. The molecule has 5 nitrogen and oxygen atoms in total. The van der Waals surface area contributed by atoms with Crippen molar-refractivity contribution in [1.29, 1.82) is 5.26 Å². The molecule has 0 radical (unpaired) electrons. The number of hydrogen-bond donors (Lipinski definition) is 0. The second-order valence-corrected chi connectivity index (χ2v) is 10.0. The summed E-state index contributed by atoms with van der Waals surface area (Å²) in [5, 5.41) is 9.47. The third kappa shape index (κ3) is 3.73. The highest BCUT2D eigenvalue weighted by Crippen LogP contribution is 2.51. The molecule has 2 saturated heterocycles. The van der Waals surface area contributed by atoms with Gasteiger partial charge in [-0.25, -0.2) is 12.7 Å². The summed E-state index contributed by atoms with van der Waals surface area (Å²) in [6.07, 6.45) is -1.41. The van der Waals surface area contributed by atoms with E-state index in [1.54, 1.807) is 0 Å². The first-order valence-electron chi connectivity index (χ1n) is 9.16. The Morgan fingerprint density at radius 3 is 2.31 bits per heavy atom. The van der Waals surface area contributed by atoms with Crippen LogP contribution in [-0.4, -0.2) is 51.0 Å². The van der Waals surface area contributed by atoms with E-state index in [2.05, 4.69) is 6.07 Å². The van der Waals surface area contributed by atoms with Gasteiger partial charge in [-0.15, -0.1) is 0 Å². The van der Waals surface area contributed by atoms with E-state index in [9.17, 15) is 26.9 Å². The number of piperidine rings is 1. The third-order valence-corrected chi connectivity index (χ3v) is 8.45. The Balaban J connectivity index is 1.82. The molecule has 0 aromatic heterocycles. The fourth-order valence-electron chi connectivity index (χ4n) is 4.93. The van der Waals surface area contributed by atoms with Gasteiger partial charge in [0.25, 0.3) is 0 Å². The van der Waals surface area contributed by atoms with Crippen LogP contribution in [0.3, 0.4) is 0 Å². The molecular formula is C17H25F3N2O3S. The van der Waals surface area contributed by atoms with E-state index in [1.165, 1.54) is 4.31 Å². The Morgan fingerprint density at radius 2 is 1.77 bits per heavy atom. The molecule has 9 heteroatoms. The van der Waals surface area contributed by atoms with Crippen LogP contribution in [0, 0.1) is 28.1 Å². The summed E-state index contributed by atoms with van der Waals surface area (Å²) in [5.74, 6) is -1.78. The molecule has 148 valence electrons. The number of nitriles is 1. The summed E-state index contributed by atoms with van der Waals surface area (Å²) in [5.41, 5.74) is -2.00. The van der Waals surface area contributed by atoms with Crippen molar-refractivity contribution in [3.05, 3.63) is 0 Å². The van der Waals surface area contributed by atoms with Gasteiger partial charge in [-0.3, -0.25) is 0 Å². The quantitative estimate of drug-likeness (QED) is 0.738. The predicted octanol–water partition coefficient (Wildman–Crippen LogP) is 3.08. The monoisotopic (exact) mass is 394 g/mol. The van der Waals surface area contributed by atoms with Crippen molar-refractivity contribution in [3.63, 3.8) is 0 Å². The minimum absolute atomic E-state index is 0.121. The average Bonchev–Trinajstić information content (AvgIpc) is 3.02. The summed E-state index contributed by atoms with van der Waals surface area (Å²) < 4.78 is 73.1. The summed E-state index contributed by atoms with van der Waals surface area (Å²) in [6, 6.07) is 2.17. The molecule has 1 aliphatic carbocycles. The Bertz CT molecular complexity index is 660. The number of halogens is 3. The van der Waals surface area contributed by atoms with Gasteiger partial charge in [-0.1, -0.05) is 12.8 Å². The molecule has 2 aliphatic heterocycles. The molecule has 3 rings (SSSR count). The fourth-order valence-corrected chi connectivity index (χ4v) is 7.00. The number of sulfonamides is 1. The van der Waals surface area contributed by atoms with E-state index in [-0.39, 0.29) is 51.3 Å². The zero-order valence-corrected chi connectivity index (χ0v) is 15.5. The van der Waals surface area contributed by atoms with Crippen LogP contribution in [0.1, 0.15) is 44.9 Å². The van der Waals surface area contributed by atoms with Crippen LogP contribution in [0.25, 0.3) is 0 Å². The van der Waals surface area contributed by atoms with Crippen molar-refractivity contribution in [2.75, 3.05) is 32.1 Å². The molecule has 0 bridgehead atoms. The van der Waals surface area contributed by atoms with Gasteiger partial charge in [0.2, 0.25) is 10.0 Å². The topological polar surface area (TPSA) is 70.4 Å². The minimum atomic E-state index is -4.34. The molecule has 1 atom stereocenters.